The Morgan fingerprint density at radius 3 is 1.27 bits per heavy atom. The van der Waals surface area contributed by atoms with Crippen molar-refractivity contribution in [2.75, 3.05) is 52.9 Å². The van der Waals surface area contributed by atoms with Crippen LogP contribution in [0.1, 0.15) is 0 Å². The van der Waals surface area contributed by atoms with E-state index in [0.29, 0.717) is 26.4 Å². The van der Waals surface area contributed by atoms with Crippen molar-refractivity contribution in [3.8, 4) is 23.0 Å². The van der Waals surface area contributed by atoms with Crippen LogP contribution in [0.5, 0.6) is 23.0 Å². The van der Waals surface area contributed by atoms with Gasteiger partial charge in [-0.2, -0.15) is 0 Å². The van der Waals surface area contributed by atoms with Gasteiger partial charge in [-0.3, -0.25) is 20.2 Å². The average Bonchev–Trinajstić information content (AvgIpc) is 2.78. The minimum atomic E-state index is -0.584. The molecule has 13 nitrogen and oxygen atoms in total. The number of nitro groups is 2. The highest BCUT2D eigenvalue weighted by Crippen LogP contribution is 2.30. The molecule has 0 saturated carbocycles. The van der Waals surface area contributed by atoms with Crippen molar-refractivity contribution < 1.29 is 43.7 Å². The molecular weight excluding hydrogens is 444 g/mol. The highest BCUT2D eigenvalue weighted by Gasteiger charge is 2.12. The van der Waals surface area contributed by atoms with E-state index in [-0.39, 0.29) is 60.8 Å². The van der Waals surface area contributed by atoms with Gasteiger partial charge >= 0.3 is 0 Å². The highest BCUT2D eigenvalue weighted by atomic mass is 16.6. The van der Waals surface area contributed by atoms with E-state index >= 15 is 0 Å². The predicted molar refractivity (Wildman–Crippen MR) is 113 cm³/mol. The fourth-order valence-electron chi connectivity index (χ4n) is 2.43. The zero-order valence-corrected chi connectivity index (χ0v) is 17.6. The topological polar surface area (TPSA) is 173 Å². The van der Waals surface area contributed by atoms with Crippen LogP contribution < -0.4 is 9.47 Å². The van der Waals surface area contributed by atoms with Crippen LogP contribution in [0.3, 0.4) is 0 Å². The standard InChI is InChI=1S/C20H24N2O11/c23-17-3-1-15(21(25)26)13-19(17)32-11-9-30-7-5-29-6-8-31-10-12-33-20-14-16(22(27)28)2-4-18(20)24/h1-4,13-14,23-24H,5-12H2. The van der Waals surface area contributed by atoms with E-state index in [2.05, 4.69) is 0 Å². The van der Waals surface area contributed by atoms with Crippen LogP contribution in [0.25, 0.3) is 0 Å². The van der Waals surface area contributed by atoms with Crippen molar-refractivity contribution in [2.45, 2.75) is 0 Å². The molecule has 0 unspecified atom stereocenters. The third kappa shape index (κ3) is 9.14. The maximum absolute atomic E-state index is 10.7. The first kappa shape index (κ1) is 25.6. The van der Waals surface area contributed by atoms with Gasteiger partial charge < -0.3 is 33.9 Å². The predicted octanol–water partition coefficient (Wildman–Crippen LogP) is 2.42. The number of nitrogens with zero attached hydrogens (tertiary/aromatic N) is 2. The molecular formula is C20H24N2O11. The minimum absolute atomic E-state index is 0.00544. The summed E-state index contributed by atoms with van der Waals surface area (Å²) in [5.74, 6) is -0.385. The molecule has 2 aromatic rings. The molecule has 0 aliphatic carbocycles. The summed E-state index contributed by atoms with van der Waals surface area (Å²) in [7, 11) is 0. The second kappa shape index (κ2) is 13.7. The normalized spacial score (nSPS) is 10.7. The lowest BCUT2D eigenvalue weighted by atomic mass is 10.3. The summed E-state index contributed by atoms with van der Waals surface area (Å²) in [6, 6.07) is 7.00. The molecule has 0 fully saturated rings. The van der Waals surface area contributed by atoms with Crippen molar-refractivity contribution in [3.05, 3.63) is 56.6 Å². The Bertz CT molecular complexity index is 849. The Hall–Kier alpha value is -3.68. The first-order chi connectivity index (χ1) is 15.9. The number of hydrogen-bond donors (Lipinski definition) is 2. The van der Waals surface area contributed by atoms with Crippen molar-refractivity contribution in [3.63, 3.8) is 0 Å². The fourth-order valence-corrected chi connectivity index (χ4v) is 2.43. The molecule has 2 aromatic carbocycles. The Balaban J connectivity index is 1.46. The van der Waals surface area contributed by atoms with Gasteiger partial charge in [-0.1, -0.05) is 0 Å². The Labute approximate surface area is 188 Å². The van der Waals surface area contributed by atoms with Crippen LogP contribution in [0.2, 0.25) is 0 Å². The maximum Gasteiger partial charge on any atom is 0.273 e. The highest BCUT2D eigenvalue weighted by molar-refractivity contribution is 5.48. The van der Waals surface area contributed by atoms with E-state index in [9.17, 15) is 30.4 Å². The summed E-state index contributed by atoms with van der Waals surface area (Å²) in [5, 5.41) is 40.7. The number of phenolic OH excluding ortho intramolecular Hbond substituents is 2. The number of phenols is 2. The van der Waals surface area contributed by atoms with Crippen LogP contribution in [0.4, 0.5) is 11.4 Å². The van der Waals surface area contributed by atoms with Crippen LogP contribution in [0, 0.1) is 20.2 Å². The van der Waals surface area contributed by atoms with Gasteiger partial charge in [0.2, 0.25) is 0 Å². The van der Waals surface area contributed by atoms with Gasteiger partial charge in [0.05, 0.1) is 61.6 Å². The molecule has 0 aliphatic heterocycles. The molecule has 13 heteroatoms. The Morgan fingerprint density at radius 1 is 0.606 bits per heavy atom. The quantitative estimate of drug-likeness (QED) is 0.210. The second-order valence-electron chi connectivity index (χ2n) is 6.35. The molecule has 0 aromatic heterocycles. The summed E-state index contributed by atoms with van der Waals surface area (Å²) in [5.41, 5.74) is -0.374. The van der Waals surface area contributed by atoms with Crippen LogP contribution in [-0.4, -0.2) is 72.9 Å². The fraction of sp³-hybridized carbons (Fsp3) is 0.400. The molecule has 0 aliphatic rings. The molecule has 0 saturated heterocycles. The molecule has 0 bridgehead atoms. The summed E-state index contributed by atoms with van der Waals surface area (Å²) >= 11 is 0. The lowest BCUT2D eigenvalue weighted by Gasteiger charge is -2.10. The second-order valence-corrected chi connectivity index (χ2v) is 6.35. The van der Waals surface area contributed by atoms with Gasteiger partial charge in [-0.05, 0) is 12.1 Å². The van der Waals surface area contributed by atoms with E-state index in [1.165, 1.54) is 24.3 Å². The van der Waals surface area contributed by atoms with Crippen molar-refractivity contribution in [1.82, 2.24) is 0 Å². The summed E-state index contributed by atoms with van der Waals surface area (Å²) in [4.78, 5) is 20.3. The number of non-ortho nitro benzene ring substituents is 2. The van der Waals surface area contributed by atoms with Gasteiger partial charge in [-0.25, -0.2) is 0 Å². The van der Waals surface area contributed by atoms with E-state index in [1.807, 2.05) is 0 Å². The number of aromatic hydroxyl groups is 2. The molecule has 0 amide bonds. The molecule has 0 atom stereocenters. The zero-order valence-electron chi connectivity index (χ0n) is 17.6. The number of rotatable bonds is 16. The third-order valence-corrected chi connectivity index (χ3v) is 4.02. The van der Waals surface area contributed by atoms with E-state index in [1.54, 1.807) is 0 Å². The lowest BCUT2D eigenvalue weighted by molar-refractivity contribution is -0.385. The van der Waals surface area contributed by atoms with Crippen LogP contribution in [-0.2, 0) is 14.2 Å². The zero-order chi connectivity index (χ0) is 24.1. The van der Waals surface area contributed by atoms with Crippen molar-refractivity contribution in [1.29, 1.82) is 0 Å². The van der Waals surface area contributed by atoms with Crippen LogP contribution >= 0.6 is 0 Å². The van der Waals surface area contributed by atoms with Gasteiger partial charge in [0.25, 0.3) is 11.4 Å². The minimum Gasteiger partial charge on any atom is -0.504 e. The molecule has 0 radical (unpaired) electrons. The first-order valence-corrected chi connectivity index (χ1v) is 9.82. The smallest absolute Gasteiger partial charge is 0.273 e. The number of hydrogen-bond acceptors (Lipinski definition) is 11. The molecule has 33 heavy (non-hydrogen) atoms. The maximum atomic E-state index is 10.7. The molecule has 0 spiro atoms. The first-order valence-electron chi connectivity index (χ1n) is 9.82. The van der Waals surface area contributed by atoms with E-state index in [0.717, 1.165) is 12.1 Å². The van der Waals surface area contributed by atoms with Crippen LogP contribution in [0.15, 0.2) is 36.4 Å². The molecule has 2 N–H and O–H groups in total. The number of nitro benzene ring substituents is 2. The monoisotopic (exact) mass is 468 g/mol. The van der Waals surface area contributed by atoms with Gasteiger partial charge in [0, 0.05) is 12.1 Å². The number of benzene rings is 2. The van der Waals surface area contributed by atoms with Gasteiger partial charge in [-0.15, -0.1) is 0 Å². The van der Waals surface area contributed by atoms with Gasteiger partial charge in [0.15, 0.2) is 23.0 Å². The summed E-state index contributed by atoms with van der Waals surface area (Å²) in [6.45, 7) is 1.79. The summed E-state index contributed by atoms with van der Waals surface area (Å²) in [6.07, 6.45) is 0. The molecule has 2 rings (SSSR count). The van der Waals surface area contributed by atoms with Crippen molar-refractivity contribution >= 4 is 11.4 Å². The lowest BCUT2D eigenvalue weighted by Crippen LogP contribution is -2.14. The molecule has 0 heterocycles. The largest absolute Gasteiger partial charge is 0.504 e. The van der Waals surface area contributed by atoms with Crippen molar-refractivity contribution in [2.24, 2.45) is 0 Å². The third-order valence-electron chi connectivity index (χ3n) is 4.02. The Morgan fingerprint density at radius 2 is 0.939 bits per heavy atom. The molecule has 180 valence electrons. The Kier molecular flexibility index (Phi) is 10.6. The van der Waals surface area contributed by atoms with E-state index < -0.39 is 9.85 Å². The summed E-state index contributed by atoms with van der Waals surface area (Å²) < 4.78 is 26.5. The average molecular weight is 468 g/mol. The number of ether oxygens (including phenoxy) is 5. The van der Waals surface area contributed by atoms with E-state index in [4.69, 9.17) is 23.7 Å². The van der Waals surface area contributed by atoms with Gasteiger partial charge in [0.1, 0.15) is 13.2 Å². The SMILES string of the molecule is O=[N+]([O-])c1ccc(O)c(OCCOCCOCCOCCOc2cc([N+](=O)[O-])ccc2O)c1.